The molecule has 2 aromatic rings. The quantitative estimate of drug-likeness (QED) is 0.309. The summed E-state index contributed by atoms with van der Waals surface area (Å²) in [6.45, 7) is 10.2. The van der Waals surface area contributed by atoms with Crippen LogP contribution in [0.4, 0.5) is 0 Å². The van der Waals surface area contributed by atoms with E-state index in [-0.39, 0.29) is 24.0 Å². The fourth-order valence-electron chi connectivity index (χ4n) is 2.33. The summed E-state index contributed by atoms with van der Waals surface area (Å²) in [5.74, 6) is 2.27. The largest absolute Gasteiger partial charge is 0.444 e. The van der Waals surface area contributed by atoms with Gasteiger partial charge in [0.05, 0.1) is 17.9 Å². The molecule has 0 aliphatic carbocycles. The van der Waals surface area contributed by atoms with Crippen LogP contribution in [0, 0.1) is 27.7 Å². The molecule has 0 bridgehead atoms. The van der Waals surface area contributed by atoms with Crippen molar-refractivity contribution in [3.8, 4) is 0 Å². The molecule has 8 heteroatoms. The zero-order valence-corrected chi connectivity index (χ0v) is 17.3. The molecule has 0 amide bonds. The molecule has 2 N–H and O–H groups in total. The average Bonchev–Trinajstić information content (AvgIpc) is 3.00. The first-order chi connectivity index (χ1) is 11.0. The molecule has 2 rings (SSSR count). The van der Waals surface area contributed by atoms with Crippen molar-refractivity contribution in [3.05, 3.63) is 34.8 Å². The highest BCUT2D eigenvalue weighted by Gasteiger charge is 2.06. The van der Waals surface area contributed by atoms with Crippen LogP contribution in [0.5, 0.6) is 0 Å². The molecular weight excluding hydrogens is 419 g/mol. The molecule has 0 aliphatic rings. The molecule has 2 aromatic heterocycles. The van der Waals surface area contributed by atoms with E-state index in [2.05, 4.69) is 38.7 Å². The van der Waals surface area contributed by atoms with Crippen LogP contribution in [0.25, 0.3) is 0 Å². The summed E-state index contributed by atoms with van der Waals surface area (Å²) >= 11 is 0. The number of rotatable bonds is 6. The number of halogens is 1. The van der Waals surface area contributed by atoms with Gasteiger partial charge in [-0.3, -0.25) is 9.67 Å². The van der Waals surface area contributed by atoms with Gasteiger partial charge in [-0.15, -0.1) is 24.0 Å². The van der Waals surface area contributed by atoms with Gasteiger partial charge in [0.2, 0.25) is 5.89 Å². The fourth-order valence-corrected chi connectivity index (χ4v) is 2.33. The summed E-state index contributed by atoms with van der Waals surface area (Å²) < 4.78 is 7.57. The topological polar surface area (TPSA) is 80.3 Å². The van der Waals surface area contributed by atoms with E-state index in [0.717, 1.165) is 42.6 Å². The predicted octanol–water partition coefficient (Wildman–Crippen LogP) is 2.48. The number of aromatic nitrogens is 3. The third kappa shape index (κ3) is 5.81. The van der Waals surface area contributed by atoms with Crippen molar-refractivity contribution >= 4 is 29.9 Å². The van der Waals surface area contributed by atoms with Crippen molar-refractivity contribution in [1.29, 1.82) is 0 Å². The molecule has 0 saturated carbocycles. The fraction of sp³-hybridized carbons (Fsp3) is 0.562. The summed E-state index contributed by atoms with van der Waals surface area (Å²) in [7, 11) is 1.75. The van der Waals surface area contributed by atoms with Crippen LogP contribution in [0.15, 0.2) is 15.5 Å². The van der Waals surface area contributed by atoms with Gasteiger partial charge in [-0.05, 0) is 40.2 Å². The van der Waals surface area contributed by atoms with E-state index in [4.69, 9.17) is 4.42 Å². The van der Waals surface area contributed by atoms with E-state index in [1.807, 2.05) is 25.5 Å². The molecule has 0 atom stereocenters. The minimum Gasteiger partial charge on any atom is -0.444 e. The third-order valence-corrected chi connectivity index (χ3v) is 3.65. The maximum absolute atomic E-state index is 5.54. The number of nitrogens with one attached hydrogen (secondary N) is 2. The minimum atomic E-state index is 0. The Morgan fingerprint density at radius 3 is 2.54 bits per heavy atom. The van der Waals surface area contributed by atoms with Gasteiger partial charge < -0.3 is 15.1 Å². The standard InChI is InChI=1S/C16H26N6O.HI/c1-11-9-12(2)22(21-11)8-6-7-18-16(17-5)19-10-15-20-13(3)14(4)23-15;/h9H,6-8,10H2,1-5H3,(H2,17,18,19);1H. The zero-order chi connectivity index (χ0) is 16.8. The van der Waals surface area contributed by atoms with E-state index in [0.29, 0.717) is 12.4 Å². The lowest BCUT2D eigenvalue weighted by Gasteiger charge is -2.11. The van der Waals surface area contributed by atoms with Crippen molar-refractivity contribution in [1.82, 2.24) is 25.4 Å². The Balaban J connectivity index is 0.00000288. The minimum absolute atomic E-state index is 0. The molecule has 0 aliphatic heterocycles. The molecule has 0 fully saturated rings. The number of hydrogen-bond acceptors (Lipinski definition) is 4. The number of hydrogen-bond donors (Lipinski definition) is 2. The van der Waals surface area contributed by atoms with E-state index < -0.39 is 0 Å². The van der Waals surface area contributed by atoms with E-state index >= 15 is 0 Å². The highest BCUT2D eigenvalue weighted by atomic mass is 127. The maximum atomic E-state index is 5.54. The van der Waals surface area contributed by atoms with Gasteiger partial charge >= 0.3 is 0 Å². The van der Waals surface area contributed by atoms with E-state index in [9.17, 15) is 0 Å². The Morgan fingerprint density at radius 1 is 1.25 bits per heavy atom. The lowest BCUT2D eigenvalue weighted by molar-refractivity contribution is 0.463. The molecule has 0 aromatic carbocycles. The second-order valence-corrected chi connectivity index (χ2v) is 5.61. The van der Waals surface area contributed by atoms with Gasteiger partial charge in [-0.1, -0.05) is 0 Å². The maximum Gasteiger partial charge on any atom is 0.214 e. The predicted molar refractivity (Wildman–Crippen MR) is 106 cm³/mol. The van der Waals surface area contributed by atoms with Crippen molar-refractivity contribution in [3.63, 3.8) is 0 Å². The Morgan fingerprint density at radius 2 is 2.00 bits per heavy atom. The SMILES string of the molecule is CN=C(NCCCn1nc(C)cc1C)NCc1nc(C)c(C)o1.I. The third-order valence-electron chi connectivity index (χ3n) is 3.65. The van der Waals surface area contributed by atoms with Crippen molar-refractivity contribution in [2.75, 3.05) is 13.6 Å². The number of guanidine groups is 1. The zero-order valence-electron chi connectivity index (χ0n) is 15.0. The number of aryl methyl sites for hydroxylation is 5. The molecule has 0 saturated heterocycles. The number of aliphatic imine (C=N–C) groups is 1. The van der Waals surface area contributed by atoms with Crippen LogP contribution in [-0.4, -0.2) is 34.3 Å². The smallest absolute Gasteiger partial charge is 0.214 e. The molecule has 0 radical (unpaired) electrons. The van der Waals surface area contributed by atoms with Crippen LogP contribution < -0.4 is 10.6 Å². The Bertz CT molecular complexity index is 657. The van der Waals surface area contributed by atoms with Crippen molar-refractivity contribution < 1.29 is 4.42 Å². The number of nitrogens with zero attached hydrogens (tertiary/aromatic N) is 4. The van der Waals surface area contributed by atoms with Gasteiger partial charge in [0, 0.05) is 25.8 Å². The normalized spacial score (nSPS) is 11.3. The van der Waals surface area contributed by atoms with E-state index in [1.54, 1.807) is 7.05 Å². The first-order valence-corrected chi connectivity index (χ1v) is 7.88. The van der Waals surface area contributed by atoms with Gasteiger partial charge in [0.25, 0.3) is 0 Å². The highest BCUT2D eigenvalue weighted by Crippen LogP contribution is 2.07. The Labute approximate surface area is 160 Å². The summed E-state index contributed by atoms with van der Waals surface area (Å²) in [5, 5.41) is 10.9. The second-order valence-electron chi connectivity index (χ2n) is 5.61. The highest BCUT2D eigenvalue weighted by molar-refractivity contribution is 14.0. The summed E-state index contributed by atoms with van der Waals surface area (Å²) in [6.07, 6.45) is 0.972. The van der Waals surface area contributed by atoms with Crippen LogP contribution in [0.1, 0.15) is 35.2 Å². The lowest BCUT2D eigenvalue weighted by atomic mass is 10.4. The van der Waals surface area contributed by atoms with Gasteiger partial charge in [0.15, 0.2) is 5.96 Å². The molecule has 0 spiro atoms. The summed E-state index contributed by atoms with van der Waals surface area (Å²) in [6, 6.07) is 2.09. The van der Waals surface area contributed by atoms with Crippen LogP contribution in [0.2, 0.25) is 0 Å². The molecule has 2 heterocycles. The molecule has 0 unspecified atom stereocenters. The lowest BCUT2D eigenvalue weighted by Crippen LogP contribution is -2.37. The molecular formula is C16H27IN6O. The Hall–Kier alpha value is -1.58. The van der Waals surface area contributed by atoms with Crippen LogP contribution in [0.3, 0.4) is 0 Å². The van der Waals surface area contributed by atoms with Gasteiger partial charge in [-0.25, -0.2) is 4.98 Å². The summed E-state index contributed by atoms with van der Waals surface area (Å²) in [4.78, 5) is 8.54. The van der Waals surface area contributed by atoms with Crippen LogP contribution in [-0.2, 0) is 13.1 Å². The molecule has 134 valence electrons. The first-order valence-electron chi connectivity index (χ1n) is 7.88. The van der Waals surface area contributed by atoms with E-state index in [1.165, 1.54) is 5.69 Å². The van der Waals surface area contributed by atoms with Crippen molar-refractivity contribution in [2.45, 2.75) is 47.2 Å². The Kier molecular flexibility index (Phi) is 8.23. The monoisotopic (exact) mass is 446 g/mol. The van der Waals surface area contributed by atoms with Gasteiger partial charge in [0.1, 0.15) is 5.76 Å². The van der Waals surface area contributed by atoms with Crippen molar-refractivity contribution in [2.24, 2.45) is 4.99 Å². The first kappa shape index (κ1) is 20.5. The van der Waals surface area contributed by atoms with Crippen LogP contribution >= 0.6 is 24.0 Å². The number of oxazole rings is 1. The molecule has 7 nitrogen and oxygen atoms in total. The van der Waals surface area contributed by atoms with Gasteiger partial charge in [-0.2, -0.15) is 5.10 Å². The average molecular weight is 446 g/mol. The molecule has 24 heavy (non-hydrogen) atoms. The second kappa shape index (κ2) is 9.65. The summed E-state index contributed by atoms with van der Waals surface area (Å²) in [5.41, 5.74) is 3.18.